The Morgan fingerprint density at radius 2 is 2.05 bits per heavy atom. The van der Waals surface area contributed by atoms with Crippen LogP contribution in [0, 0.1) is 0 Å². The summed E-state index contributed by atoms with van der Waals surface area (Å²) in [6.45, 7) is -0.372. The van der Waals surface area contributed by atoms with Crippen molar-refractivity contribution >= 4 is 31.8 Å². The first-order valence-corrected chi connectivity index (χ1v) is 6.46. The van der Waals surface area contributed by atoms with Gasteiger partial charge in [0.15, 0.2) is 0 Å². The van der Waals surface area contributed by atoms with E-state index in [0.717, 1.165) is 0 Å². The van der Waals surface area contributed by atoms with E-state index in [1.807, 2.05) is 0 Å². The first kappa shape index (κ1) is 12.9. The molecule has 0 aromatic carbocycles. The third-order valence-corrected chi connectivity index (χ3v) is 3.74. The molecule has 1 aliphatic heterocycles. The minimum absolute atomic E-state index is 0.372. The van der Waals surface area contributed by atoms with Crippen LogP contribution in [-0.2, 0) is 4.74 Å². The van der Waals surface area contributed by atoms with Crippen LogP contribution in [0.4, 0.5) is 0 Å². The van der Waals surface area contributed by atoms with Crippen molar-refractivity contribution in [2.75, 3.05) is 6.61 Å². The number of aliphatic hydroxyl groups excluding tert-OH is 3. The molecule has 0 unspecified atom stereocenters. The molecule has 3 rings (SSSR count). The average Bonchev–Trinajstić information content (AvgIpc) is 2.94. The normalized spacial score (nSPS) is 31.1. The van der Waals surface area contributed by atoms with E-state index in [1.165, 1.54) is 17.2 Å². The summed E-state index contributed by atoms with van der Waals surface area (Å²) in [6.07, 6.45) is -1.15. The SMILES string of the molecule is OC[C@H]1O[C@@H](n2cnc3c([Se])ncnc32)[C@H](O)[C@@H]1O. The van der Waals surface area contributed by atoms with Crippen molar-refractivity contribution in [3.8, 4) is 0 Å². The fraction of sp³-hybridized carbons (Fsp3) is 0.500. The molecule has 2 aromatic rings. The molecule has 9 heteroatoms. The third kappa shape index (κ3) is 1.95. The molecule has 101 valence electrons. The summed E-state index contributed by atoms with van der Waals surface area (Å²) in [5.74, 6) is 0. The molecule has 3 heterocycles. The van der Waals surface area contributed by atoms with E-state index in [-0.39, 0.29) is 6.61 Å². The van der Waals surface area contributed by atoms with E-state index >= 15 is 0 Å². The summed E-state index contributed by atoms with van der Waals surface area (Å²) >= 11 is 2.77. The predicted octanol–water partition coefficient (Wildman–Crippen LogP) is -2.77. The van der Waals surface area contributed by atoms with Gasteiger partial charge in [0.25, 0.3) is 0 Å². The van der Waals surface area contributed by atoms with Crippen LogP contribution < -0.4 is 4.59 Å². The van der Waals surface area contributed by atoms with Gasteiger partial charge in [-0.1, -0.05) is 0 Å². The molecule has 2 aromatic heterocycles. The quantitative estimate of drug-likeness (QED) is 0.511. The third-order valence-electron chi connectivity index (χ3n) is 3.12. The van der Waals surface area contributed by atoms with Gasteiger partial charge in [0, 0.05) is 0 Å². The van der Waals surface area contributed by atoms with Crippen LogP contribution in [0.2, 0.25) is 0 Å². The summed E-state index contributed by atoms with van der Waals surface area (Å²) in [4.78, 5) is 12.2. The number of hydrogen-bond donors (Lipinski definition) is 3. The van der Waals surface area contributed by atoms with Gasteiger partial charge in [-0.2, -0.15) is 0 Å². The summed E-state index contributed by atoms with van der Waals surface area (Å²) in [5.41, 5.74) is 1.04. The van der Waals surface area contributed by atoms with Crippen LogP contribution in [0.25, 0.3) is 11.2 Å². The van der Waals surface area contributed by atoms with Crippen LogP contribution in [0.15, 0.2) is 12.7 Å². The first-order chi connectivity index (χ1) is 9.13. The van der Waals surface area contributed by atoms with Gasteiger partial charge in [-0.25, -0.2) is 0 Å². The number of aliphatic hydroxyl groups is 3. The van der Waals surface area contributed by atoms with E-state index in [9.17, 15) is 10.2 Å². The zero-order chi connectivity index (χ0) is 13.6. The standard InChI is InChI=1S/C10H11N4O4Se/c15-1-4-6(16)7(17)10(18-4)14-3-13-5-8(14)11-2-12-9(5)19/h2-4,6-7,10,15-17H,1H2/t4-,6-,7-,10-/m1/s1. The minimum atomic E-state index is -1.16. The molecular formula is C10H11N4O4Se. The summed E-state index contributed by atoms with van der Waals surface area (Å²) in [5, 5.41) is 28.8. The van der Waals surface area contributed by atoms with Gasteiger partial charge < -0.3 is 0 Å². The topological polar surface area (TPSA) is 114 Å². The van der Waals surface area contributed by atoms with Crippen molar-refractivity contribution in [3.63, 3.8) is 0 Å². The molecule has 0 saturated carbocycles. The Labute approximate surface area is 115 Å². The van der Waals surface area contributed by atoms with Crippen molar-refractivity contribution in [2.24, 2.45) is 0 Å². The van der Waals surface area contributed by atoms with Crippen LogP contribution in [-0.4, -0.2) is 75.8 Å². The molecule has 0 bridgehead atoms. The molecule has 3 N–H and O–H groups in total. The number of fused-ring (bicyclic) bond motifs is 1. The van der Waals surface area contributed by atoms with Crippen molar-refractivity contribution in [1.82, 2.24) is 19.5 Å². The Kier molecular flexibility index (Phi) is 3.25. The predicted molar refractivity (Wildman–Crippen MR) is 63.7 cm³/mol. The summed E-state index contributed by atoms with van der Waals surface area (Å²) < 4.78 is 7.54. The van der Waals surface area contributed by atoms with E-state index in [2.05, 4.69) is 31.0 Å². The van der Waals surface area contributed by atoms with E-state index in [0.29, 0.717) is 15.8 Å². The van der Waals surface area contributed by atoms with Crippen LogP contribution >= 0.6 is 0 Å². The second-order valence-electron chi connectivity index (χ2n) is 4.23. The molecule has 19 heavy (non-hydrogen) atoms. The average molecular weight is 330 g/mol. The Morgan fingerprint density at radius 3 is 2.74 bits per heavy atom. The van der Waals surface area contributed by atoms with Crippen molar-refractivity contribution in [2.45, 2.75) is 24.5 Å². The molecule has 4 atom stereocenters. The molecule has 0 spiro atoms. The second-order valence-corrected chi connectivity index (χ2v) is 5.04. The molecule has 8 nitrogen and oxygen atoms in total. The second kappa shape index (κ2) is 4.78. The van der Waals surface area contributed by atoms with Gasteiger partial charge in [0.05, 0.1) is 0 Å². The van der Waals surface area contributed by atoms with Crippen LogP contribution in [0.5, 0.6) is 0 Å². The summed E-state index contributed by atoms with van der Waals surface area (Å²) in [7, 11) is 0. The molecule has 1 aliphatic rings. The molecule has 1 radical (unpaired) electrons. The molecule has 1 saturated heterocycles. The number of aromatic nitrogens is 4. The molecule has 0 amide bonds. The maximum absolute atomic E-state index is 9.97. The van der Waals surface area contributed by atoms with Crippen molar-refractivity contribution in [3.05, 3.63) is 12.7 Å². The van der Waals surface area contributed by atoms with Gasteiger partial charge in [-0.15, -0.1) is 0 Å². The Bertz CT molecular complexity index is 606. The van der Waals surface area contributed by atoms with Gasteiger partial charge >= 0.3 is 115 Å². The monoisotopic (exact) mass is 331 g/mol. The number of hydrogen-bond acceptors (Lipinski definition) is 7. The van der Waals surface area contributed by atoms with Crippen LogP contribution in [0.3, 0.4) is 0 Å². The first-order valence-electron chi connectivity index (χ1n) is 5.60. The van der Waals surface area contributed by atoms with Gasteiger partial charge in [0.1, 0.15) is 0 Å². The maximum atomic E-state index is 9.97. The van der Waals surface area contributed by atoms with Gasteiger partial charge in [-0.3, -0.25) is 0 Å². The fourth-order valence-corrected chi connectivity index (χ4v) is 2.53. The number of rotatable bonds is 2. The Morgan fingerprint density at radius 1 is 1.26 bits per heavy atom. The van der Waals surface area contributed by atoms with Gasteiger partial charge in [-0.05, 0) is 0 Å². The molecule has 1 fully saturated rings. The van der Waals surface area contributed by atoms with E-state index < -0.39 is 24.5 Å². The zero-order valence-corrected chi connectivity index (χ0v) is 11.3. The number of ether oxygens (including phenoxy) is 1. The van der Waals surface area contributed by atoms with E-state index in [4.69, 9.17) is 9.84 Å². The van der Waals surface area contributed by atoms with Crippen LogP contribution in [0.1, 0.15) is 6.23 Å². The van der Waals surface area contributed by atoms with Crippen molar-refractivity contribution < 1.29 is 20.1 Å². The van der Waals surface area contributed by atoms with Crippen molar-refractivity contribution in [1.29, 1.82) is 0 Å². The Hall–Kier alpha value is -1.09. The molecule has 0 aliphatic carbocycles. The number of nitrogens with zero attached hydrogens (tertiary/aromatic N) is 4. The number of imidazole rings is 1. The molecular weight excluding hydrogens is 319 g/mol. The Balaban J connectivity index is 2.04. The zero-order valence-electron chi connectivity index (χ0n) is 9.62. The fourth-order valence-electron chi connectivity index (χ4n) is 2.13. The van der Waals surface area contributed by atoms with E-state index in [1.54, 1.807) is 0 Å². The summed E-state index contributed by atoms with van der Waals surface area (Å²) in [6, 6.07) is 0. The van der Waals surface area contributed by atoms with Gasteiger partial charge in [0.2, 0.25) is 0 Å².